The van der Waals surface area contributed by atoms with Crippen LogP contribution >= 0.6 is 46.7 Å². The van der Waals surface area contributed by atoms with Crippen molar-refractivity contribution in [3.8, 4) is 0 Å². The van der Waals surface area contributed by atoms with Crippen LogP contribution in [0.4, 0.5) is 0 Å². The topological polar surface area (TPSA) is 9.23 Å². The molecule has 0 saturated heterocycles. The predicted molar refractivity (Wildman–Crippen MR) is 56.0 cm³/mol. The van der Waals surface area contributed by atoms with E-state index in [9.17, 15) is 0 Å². The Hall–Kier alpha value is 0.720. The number of thioether (sulfide) groups is 2. The second-order valence-electron chi connectivity index (χ2n) is 1.30. The highest BCUT2D eigenvalue weighted by Gasteiger charge is 1.83. The summed E-state index contributed by atoms with van der Waals surface area (Å²) in [5, 5.41) is 3.53. The summed E-state index contributed by atoms with van der Waals surface area (Å²) in [6.07, 6.45) is 0. The fourth-order valence-corrected chi connectivity index (χ4v) is 1.49. The fourth-order valence-electron chi connectivity index (χ4n) is 0.282. The zero-order chi connectivity index (χ0) is 8.36. The van der Waals surface area contributed by atoms with E-state index in [0.717, 1.165) is 0 Å². The molecule has 0 aromatic rings. The van der Waals surface area contributed by atoms with Crippen molar-refractivity contribution in [1.29, 1.82) is 0 Å². The van der Waals surface area contributed by atoms with E-state index in [1.54, 1.807) is 10.8 Å². The lowest BCUT2D eigenvalue weighted by molar-refractivity contribution is 0.241. The lowest BCUT2D eigenvalue weighted by Gasteiger charge is -1.96. The van der Waals surface area contributed by atoms with Gasteiger partial charge in [-0.05, 0) is 10.8 Å². The van der Waals surface area contributed by atoms with Gasteiger partial charge in [0.2, 0.25) is 0 Å². The number of hydrogen-bond acceptors (Lipinski definition) is 3. The van der Waals surface area contributed by atoms with Gasteiger partial charge in [-0.15, -0.1) is 23.5 Å². The molecule has 0 saturated carbocycles. The standard InChI is InChI=1S/C6H8Cl2OS2/c7-1-3-10-5-9-6-11-4-2-8/h1-4H,5-6H2. The third-order valence-electron chi connectivity index (χ3n) is 0.598. The van der Waals surface area contributed by atoms with E-state index < -0.39 is 0 Å². The molecule has 1 nitrogen and oxygen atoms in total. The number of ether oxygens (including phenoxy) is 1. The van der Waals surface area contributed by atoms with Crippen molar-refractivity contribution in [2.75, 3.05) is 11.9 Å². The quantitative estimate of drug-likeness (QED) is 0.508. The smallest absolute Gasteiger partial charge is 0.0972 e. The zero-order valence-corrected chi connectivity index (χ0v) is 8.85. The van der Waals surface area contributed by atoms with Gasteiger partial charge in [0.1, 0.15) is 0 Å². The van der Waals surface area contributed by atoms with Crippen molar-refractivity contribution >= 4 is 46.7 Å². The molecule has 0 N–H and O–H groups in total. The Kier molecular flexibility index (Phi) is 11.4. The second kappa shape index (κ2) is 10.7. The minimum Gasteiger partial charge on any atom is -0.360 e. The van der Waals surface area contributed by atoms with Gasteiger partial charge in [0.15, 0.2) is 0 Å². The third-order valence-corrected chi connectivity index (χ3v) is 2.41. The Balaban J connectivity index is 2.90. The second-order valence-corrected chi connectivity index (χ2v) is 3.48. The molecule has 0 aliphatic carbocycles. The minimum absolute atomic E-state index is 0.617. The molecule has 5 heteroatoms. The lowest BCUT2D eigenvalue weighted by atomic mass is 11.3. The SMILES string of the molecule is ClC=CSCOCSC=CCl. The summed E-state index contributed by atoms with van der Waals surface area (Å²) >= 11 is 13.6. The summed E-state index contributed by atoms with van der Waals surface area (Å²) in [6, 6.07) is 0. The molecule has 0 aromatic carbocycles. The van der Waals surface area contributed by atoms with E-state index in [1.165, 1.54) is 34.6 Å². The summed E-state index contributed by atoms with van der Waals surface area (Å²) < 4.78 is 5.14. The number of hydrogen-bond donors (Lipinski definition) is 0. The van der Waals surface area contributed by atoms with Crippen LogP contribution in [0.5, 0.6) is 0 Å². The summed E-state index contributed by atoms with van der Waals surface area (Å²) in [5.41, 5.74) is 2.92. The van der Waals surface area contributed by atoms with Gasteiger partial charge in [0, 0.05) is 11.1 Å². The van der Waals surface area contributed by atoms with Crippen LogP contribution in [0.3, 0.4) is 0 Å². The largest absolute Gasteiger partial charge is 0.360 e. The molecule has 11 heavy (non-hydrogen) atoms. The maximum Gasteiger partial charge on any atom is 0.0972 e. The molecular weight excluding hydrogens is 223 g/mol. The Morgan fingerprint density at radius 1 is 1.00 bits per heavy atom. The lowest BCUT2D eigenvalue weighted by Crippen LogP contribution is -1.85. The molecule has 0 amide bonds. The fraction of sp³-hybridized carbons (Fsp3) is 0.333. The molecule has 0 radical (unpaired) electrons. The number of halogens is 2. The van der Waals surface area contributed by atoms with Crippen molar-refractivity contribution in [2.45, 2.75) is 0 Å². The van der Waals surface area contributed by atoms with Gasteiger partial charge >= 0.3 is 0 Å². The minimum atomic E-state index is 0.617. The molecule has 0 rings (SSSR count). The normalized spacial score (nSPS) is 11.8. The highest BCUT2D eigenvalue weighted by atomic mass is 35.5. The summed E-state index contributed by atoms with van der Waals surface area (Å²) in [6.45, 7) is 0. The highest BCUT2D eigenvalue weighted by molar-refractivity contribution is 8.02. The van der Waals surface area contributed by atoms with Crippen LogP contribution in [0.15, 0.2) is 21.9 Å². The van der Waals surface area contributed by atoms with Crippen LogP contribution in [0.1, 0.15) is 0 Å². The van der Waals surface area contributed by atoms with Gasteiger partial charge in [-0.3, -0.25) is 0 Å². The van der Waals surface area contributed by atoms with Crippen molar-refractivity contribution in [3.05, 3.63) is 21.9 Å². The first-order valence-corrected chi connectivity index (χ1v) is 5.70. The molecule has 0 aliphatic heterocycles. The molecule has 0 bridgehead atoms. The maximum atomic E-state index is 5.27. The van der Waals surface area contributed by atoms with Crippen LogP contribution in [0.25, 0.3) is 0 Å². The molecule has 0 spiro atoms. The molecule has 0 aromatic heterocycles. The van der Waals surface area contributed by atoms with E-state index in [0.29, 0.717) is 11.9 Å². The highest BCUT2D eigenvalue weighted by Crippen LogP contribution is 2.07. The first-order valence-electron chi connectivity index (χ1n) is 2.73. The van der Waals surface area contributed by atoms with Crippen molar-refractivity contribution in [3.63, 3.8) is 0 Å². The van der Waals surface area contributed by atoms with Crippen LogP contribution in [0.2, 0.25) is 0 Å². The van der Waals surface area contributed by atoms with Gasteiger partial charge < -0.3 is 4.74 Å². The Morgan fingerprint density at radius 3 is 1.82 bits per heavy atom. The van der Waals surface area contributed by atoms with E-state index >= 15 is 0 Å². The van der Waals surface area contributed by atoms with Crippen molar-refractivity contribution in [1.82, 2.24) is 0 Å². The van der Waals surface area contributed by atoms with Crippen LogP contribution in [-0.2, 0) is 4.74 Å². The van der Waals surface area contributed by atoms with E-state index in [2.05, 4.69) is 0 Å². The third kappa shape index (κ3) is 10.7. The van der Waals surface area contributed by atoms with Crippen LogP contribution in [-0.4, -0.2) is 11.9 Å². The molecule has 64 valence electrons. The Bertz CT molecular complexity index is 114. The van der Waals surface area contributed by atoms with Crippen LogP contribution in [0, 0.1) is 0 Å². The zero-order valence-electron chi connectivity index (χ0n) is 5.70. The van der Waals surface area contributed by atoms with Crippen LogP contribution < -0.4 is 0 Å². The van der Waals surface area contributed by atoms with Gasteiger partial charge in [-0.2, -0.15) is 0 Å². The maximum absolute atomic E-state index is 5.27. The van der Waals surface area contributed by atoms with Crippen molar-refractivity contribution < 1.29 is 4.74 Å². The van der Waals surface area contributed by atoms with Gasteiger partial charge in [-0.1, -0.05) is 23.2 Å². The van der Waals surface area contributed by atoms with E-state index in [-0.39, 0.29) is 0 Å². The first-order chi connectivity index (χ1) is 5.41. The molecule has 0 unspecified atom stereocenters. The molecule has 0 atom stereocenters. The Morgan fingerprint density at radius 2 is 1.45 bits per heavy atom. The molecule has 0 fully saturated rings. The molecule has 0 aliphatic rings. The molecular formula is C6H8Cl2OS2. The summed E-state index contributed by atoms with van der Waals surface area (Å²) in [5.74, 6) is 1.23. The van der Waals surface area contributed by atoms with Gasteiger partial charge in [0.25, 0.3) is 0 Å². The summed E-state index contributed by atoms with van der Waals surface area (Å²) in [4.78, 5) is 0. The molecule has 0 heterocycles. The van der Waals surface area contributed by atoms with Gasteiger partial charge in [0.05, 0.1) is 11.9 Å². The predicted octanol–water partition coefficient (Wildman–Crippen LogP) is 3.80. The average molecular weight is 231 g/mol. The van der Waals surface area contributed by atoms with E-state index in [1.807, 2.05) is 0 Å². The monoisotopic (exact) mass is 230 g/mol. The van der Waals surface area contributed by atoms with Crippen molar-refractivity contribution in [2.24, 2.45) is 0 Å². The first kappa shape index (κ1) is 11.7. The summed E-state index contributed by atoms with van der Waals surface area (Å²) in [7, 11) is 0. The van der Waals surface area contributed by atoms with E-state index in [4.69, 9.17) is 27.9 Å². The Labute approximate surface area is 85.2 Å². The average Bonchev–Trinajstić information content (AvgIpc) is 2.03. The van der Waals surface area contributed by atoms with Gasteiger partial charge in [-0.25, -0.2) is 0 Å². The number of rotatable bonds is 6.